The lowest BCUT2D eigenvalue weighted by atomic mass is 10.2. The van der Waals surface area contributed by atoms with Crippen LogP contribution < -0.4 is 10.6 Å². The van der Waals surface area contributed by atoms with Crippen molar-refractivity contribution in [3.63, 3.8) is 0 Å². The van der Waals surface area contributed by atoms with Gasteiger partial charge in [-0.1, -0.05) is 6.07 Å². The van der Waals surface area contributed by atoms with E-state index >= 15 is 0 Å². The molecule has 0 fully saturated rings. The summed E-state index contributed by atoms with van der Waals surface area (Å²) in [5, 5.41) is 0. The quantitative estimate of drug-likeness (QED) is 0.872. The SMILES string of the molecule is CCN(c1cccc(F)c1)c1cc(C(F)(F)F)cc(N)n1. The van der Waals surface area contributed by atoms with Crippen molar-refractivity contribution in [1.29, 1.82) is 0 Å². The fraction of sp³-hybridized carbons (Fsp3) is 0.214. The zero-order valence-electron chi connectivity index (χ0n) is 11.2. The van der Waals surface area contributed by atoms with Gasteiger partial charge in [-0.25, -0.2) is 9.37 Å². The molecule has 0 unspecified atom stereocenters. The molecule has 0 aliphatic rings. The Morgan fingerprint density at radius 1 is 1.19 bits per heavy atom. The Balaban J connectivity index is 2.50. The molecule has 0 spiro atoms. The van der Waals surface area contributed by atoms with Crippen molar-refractivity contribution >= 4 is 17.3 Å². The van der Waals surface area contributed by atoms with E-state index in [1.165, 1.54) is 23.1 Å². The summed E-state index contributed by atoms with van der Waals surface area (Å²) in [6.07, 6.45) is -4.52. The number of hydrogen-bond donors (Lipinski definition) is 1. The minimum atomic E-state index is -4.52. The lowest BCUT2D eigenvalue weighted by Crippen LogP contribution is -2.19. The second-order valence-corrected chi connectivity index (χ2v) is 4.36. The van der Waals surface area contributed by atoms with Crippen LogP contribution in [-0.4, -0.2) is 11.5 Å². The molecular weight excluding hydrogens is 286 g/mol. The summed E-state index contributed by atoms with van der Waals surface area (Å²) in [4.78, 5) is 5.36. The number of pyridine rings is 1. The first-order chi connectivity index (χ1) is 9.81. The van der Waals surface area contributed by atoms with Gasteiger partial charge in [-0.05, 0) is 37.3 Å². The number of rotatable bonds is 3. The van der Waals surface area contributed by atoms with E-state index in [4.69, 9.17) is 5.73 Å². The molecule has 2 aromatic rings. The van der Waals surface area contributed by atoms with E-state index in [1.54, 1.807) is 13.0 Å². The van der Waals surface area contributed by atoms with Crippen molar-refractivity contribution in [3.05, 3.63) is 47.8 Å². The largest absolute Gasteiger partial charge is 0.416 e. The molecule has 3 nitrogen and oxygen atoms in total. The molecule has 1 heterocycles. The van der Waals surface area contributed by atoms with Crippen molar-refractivity contribution in [2.75, 3.05) is 17.2 Å². The summed E-state index contributed by atoms with van der Waals surface area (Å²) in [5.74, 6) is -0.698. The van der Waals surface area contributed by atoms with Crippen LogP contribution in [0.5, 0.6) is 0 Å². The Kier molecular flexibility index (Phi) is 4.02. The summed E-state index contributed by atoms with van der Waals surface area (Å²) >= 11 is 0. The second kappa shape index (κ2) is 5.59. The third-order valence-corrected chi connectivity index (χ3v) is 2.87. The Morgan fingerprint density at radius 2 is 1.90 bits per heavy atom. The van der Waals surface area contributed by atoms with Crippen LogP contribution in [-0.2, 0) is 6.18 Å². The molecule has 0 aliphatic heterocycles. The Morgan fingerprint density at radius 3 is 2.48 bits per heavy atom. The highest BCUT2D eigenvalue weighted by Crippen LogP contribution is 2.34. The highest BCUT2D eigenvalue weighted by Gasteiger charge is 2.32. The van der Waals surface area contributed by atoms with Crippen molar-refractivity contribution in [1.82, 2.24) is 4.98 Å². The van der Waals surface area contributed by atoms with Gasteiger partial charge in [0.05, 0.1) is 5.56 Å². The molecule has 0 atom stereocenters. The zero-order valence-corrected chi connectivity index (χ0v) is 11.2. The summed E-state index contributed by atoms with van der Waals surface area (Å²) in [6.45, 7) is 2.04. The monoisotopic (exact) mass is 299 g/mol. The predicted molar refractivity (Wildman–Crippen MR) is 72.7 cm³/mol. The lowest BCUT2D eigenvalue weighted by Gasteiger charge is -2.23. The average molecular weight is 299 g/mol. The molecule has 0 saturated carbocycles. The van der Waals surface area contributed by atoms with Crippen molar-refractivity contribution < 1.29 is 17.6 Å². The van der Waals surface area contributed by atoms with Gasteiger partial charge in [-0.3, -0.25) is 0 Å². The molecule has 1 aromatic carbocycles. The molecule has 0 amide bonds. The van der Waals surface area contributed by atoms with E-state index in [0.717, 1.165) is 12.1 Å². The van der Waals surface area contributed by atoms with Gasteiger partial charge in [0.25, 0.3) is 0 Å². The van der Waals surface area contributed by atoms with E-state index in [2.05, 4.69) is 4.98 Å². The number of benzene rings is 1. The Labute approximate surface area is 119 Å². The third-order valence-electron chi connectivity index (χ3n) is 2.87. The maximum atomic E-state index is 13.3. The molecule has 2 N–H and O–H groups in total. The van der Waals surface area contributed by atoms with Crippen LogP contribution >= 0.6 is 0 Å². The van der Waals surface area contributed by atoms with Crippen molar-refractivity contribution in [2.24, 2.45) is 0 Å². The van der Waals surface area contributed by atoms with Crippen molar-refractivity contribution in [2.45, 2.75) is 13.1 Å². The molecule has 0 aliphatic carbocycles. The first-order valence-corrected chi connectivity index (χ1v) is 6.19. The topological polar surface area (TPSA) is 42.1 Å². The summed E-state index contributed by atoms with van der Waals surface area (Å²) in [7, 11) is 0. The van der Waals surface area contributed by atoms with Gasteiger partial charge >= 0.3 is 6.18 Å². The number of aromatic nitrogens is 1. The first-order valence-electron chi connectivity index (χ1n) is 6.19. The lowest BCUT2D eigenvalue weighted by molar-refractivity contribution is -0.137. The molecule has 1 aromatic heterocycles. The predicted octanol–water partition coefficient (Wildman–Crippen LogP) is 3.98. The van der Waals surface area contributed by atoms with E-state index in [9.17, 15) is 17.6 Å². The molecular formula is C14H13F4N3. The summed E-state index contributed by atoms with van der Waals surface area (Å²) < 4.78 is 51.7. The molecule has 2 rings (SSSR count). The van der Waals surface area contributed by atoms with E-state index in [-0.39, 0.29) is 11.6 Å². The highest BCUT2D eigenvalue weighted by molar-refractivity contribution is 5.62. The van der Waals surface area contributed by atoms with E-state index in [1.807, 2.05) is 0 Å². The molecule has 112 valence electrons. The third kappa shape index (κ3) is 3.42. The van der Waals surface area contributed by atoms with E-state index in [0.29, 0.717) is 12.2 Å². The van der Waals surface area contributed by atoms with Gasteiger partial charge in [0, 0.05) is 12.2 Å². The number of nitrogen functional groups attached to an aromatic ring is 1. The molecule has 0 radical (unpaired) electrons. The number of alkyl halides is 3. The van der Waals surface area contributed by atoms with Crippen LogP contribution in [0.4, 0.5) is 34.9 Å². The van der Waals surface area contributed by atoms with Crippen LogP contribution in [0, 0.1) is 5.82 Å². The minimum Gasteiger partial charge on any atom is -0.384 e. The average Bonchev–Trinajstić information content (AvgIpc) is 2.38. The Hall–Kier alpha value is -2.31. The number of halogens is 4. The number of nitrogens with two attached hydrogens (primary N) is 1. The maximum Gasteiger partial charge on any atom is 0.416 e. The summed E-state index contributed by atoms with van der Waals surface area (Å²) in [6, 6.07) is 7.20. The number of hydrogen-bond acceptors (Lipinski definition) is 3. The van der Waals surface area contributed by atoms with Gasteiger partial charge in [-0.15, -0.1) is 0 Å². The zero-order chi connectivity index (χ0) is 15.6. The molecule has 0 bridgehead atoms. The van der Waals surface area contributed by atoms with Gasteiger partial charge in [0.2, 0.25) is 0 Å². The van der Waals surface area contributed by atoms with E-state index < -0.39 is 17.6 Å². The van der Waals surface area contributed by atoms with Crippen LogP contribution in [0.2, 0.25) is 0 Å². The maximum absolute atomic E-state index is 13.3. The smallest absolute Gasteiger partial charge is 0.384 e. The fourth-order valence-electron chi connectivity index (χ4n) is 1.96. The van der Waals surface area contributed by atoms with Gasteiger partial charge < -0.3 is 10.6 Å². The normalized spacial score (nSPS) is 11.5. The molecule has 21 heavy (non-hydrogen) atoms. The number of nitrogens with zero attached hydrogens (tertiary/aromatic N) is 2. The van der Waals surface area contributed by atoms with Gasteiger partial charge in [-0.2, -0.15) is 13.2 Å². The van der Waals surface area contributed by atoms with Crippen LogP contribution in [0.25, 0.3) is 0 Å². The standard InChI is InChI=1S/C14H13F4N3/c1-2-21(11-5-3-4-10(15)8-11)13-7-9(14(16,17)18)6-12(19)20-13/h3-8H,2H2,1H3,(H2,19,20). The second-order valence-electron chi connectivity index (χ2n) is 4.36. The minimum absolute atomic E-state index is 0.0235. The first kappa shape index (κ1) is 15.1. The Bertz CT molecular complexity index is 640. The fourth-order valence-corrected chi connectivity index (χ4v) is 1.96. The van der Waals surface area contributed by atoms with Crippen LogP contribution in [0.3, 0.4) is 0 Å². The van der Waals surface area contributed by atoms with Crippen molar-refractivity contribution in [3.8, 4) is 0 Å². The van der Waals surface area contributed by atoms with Crippen LogP contribution in [0.15, 0.2) is 36.4 Å². The summed E-state index contributed by atoms with van der Waals surface area (Å²) in [5.41, 5.74) is 4.96. The highest BCUT2D eigenvalue weighted by atomic mass is 19.4. The molecule has 0 saturated heterocycles. The van der Waals surface area contributed by atoms with Gasteiger partial charge in [0.1, 0.15) is 17.5 Å². The molecule has 7 heteroatoms. The van der Waals surface area contributed by atoms with Gasteiger partial charge in [0.15, 0.2) is 0 Å². The van der Waals surface area contributed by atoms with Crippen LogP contribution in [0.1, 0.15) is 12.5 Å². The number of anilines is 3.